The molecule has 1 atom stereocenters. The van der Waals surface area contributed by atoms with E-state index in [1.807, 2.05) is 0 Å². The standard InChI is InChI=1S/C29H58N6O3.C2HF3O2/c1-2-3-4-5-6-7-8-9-10-11-12-13-14-15-16-17-18-21-26(36)33-24-22-27(37)35-25(28(30)38)20-19-23-34-29(31)32;3-2(4,5)1(6)7/h25H,2-24H2,1H3,(H2,30,38)(H,33,36)(H,35,37)(H4,31,32,34);(H,6,7)/t25-;/m0./s1. The second-order valence-electron chi connectivity index (χ2n) is 11.3. The lowest BCUT2D eigenvalue weighted by atomic mass is 10.0. The Morgan fingerprint density at radius 2 is 1.11 bits per heavy atom. The molecule has 0 heterocycles. The van der Waals surface area contributed by atoms with Crippen LogP contribution in [0.4, 0.5) is 13.2 Å². The van der Waals surface area contributed by atoms with Crippen LogP contribution in [0.3, 0.4) is 0 Å². The monoisotopic (exact) mass is 652 g/mol. The molecule has 0 aliphatic rings. The van der Waals surface area contributed by atoms with Crippen molar-refractivity contribution in [2.45, 2.75) is 154 Å². The van der Waals surface area contributed by atoms with Gasteiger partial charge in [-0.2, -0.15) is 13.2 Å². The Balaban J connectivity index is 0. The first-order valence-electron chi connectivity index (χ1n) is 16.5. The highest BCUT2D eigenvalue weighted by Crippen LogP contribution is 2.15. The van der Waals surface area contributed by atoms with E-state index in [0.717, 1.165) is 12.8 Å². The largest absolute Gasteiger partial charge is 0.490 e. The Morgan fingerprint density at radius 3 is 1.49 bits per heavy atom. The van der Waals surface area contributed by atoms with E-state index in [-0.39, 0.29) is 30.7 Å². The van der Waals surface area contributed by atoms with Gasteiger partial charge < -0.3 is 32.9 Å². The van der Waals surface area contributed by atoms with Gasteiger partial charge in [0, 0.05) is 25.9 Å². The van der Waals surface area contributed by atoms with Crippen molar-refractivity contribution >= 4 is 29.7 Å². The number of nitrogens with one attached hydrogen (secondary N) is 2. The molecule has 0 aromatic heterocycles. The third-order valence-electron chi connectivity index (χ3n) is 7.05. The van der Waals surface area contributed by atoms with Crippen molar-refractivity contribution in [3.8, 4) is 0 Å². The molecule has 0 aliphatic carbocycles. The molecule has 45 heavy (non-hydrogen) atoms. The predicted molar refractivity (Wildman–Crippen MR) is 171 cm³/mol. The molecule has 0 aliphatic heterocycles. The Labute approximate surface area is 267 Å². The summed E-state index contributed by atoms with van der Waals surface area (Å²) in [6.45, 7) is 2.87. The Hall–Kier alpha value is -3.06. The zero-order chi connectivity index (χ0) is 34.3. The van der Waals surface area contributed by atoms with Crippen LogP contribution in [-0.2, 0) is 19.2 Å². The molecule has 0 aromatic rings. The second-order valence-corrected chi connectivity index (χ2v) is 11.3. The number of aliphatic carboxylic acids is 1. The zero-order valence-electron chi connectivity index (χ0n) is 27.2. The summed E-state index contributed by atoms with van der Waals surface area (Å²) in [5.74, 6) is -3.75. The summed E-state index contributed by atoms with van der Waals surface area (Å²) in [5, 5.41) is 12.5. The predicted octanol–water partition coefficient (Wildman–Crippen LogP) is 5.19. The minimum Gasteiger partial charge on any atom is -0.475 e. The molecule has 11 nitrogen and oxygen atoms in total. The number of hydrogen-bond acceptors (Lipinski definition) is 5. The van der Waals surface area contributed by atoms with E-state index in [9.17, 15) is 27.6 Å². The molecular formula is C31H59F3N6O5. The smallest absolute Gasteiger partial charge is 0.475 e. The van der Waals surface area contributed by atoms with E-state index in [1.54, 1.807) is 0 Å². The number of alkyl halides is 3. The Morgan fingerprint density at radius 1 is 0.689 bits per heavy atom. The van der Waals surface area contributed by atoms with Gasteiger partial charge in [-0.05, 0) is 19.3 Å². The third kappa shape index (κ3) is 33.7. The van der Waals surface area contributed by atoms with Crippen LogP contribution in [0.5, 0.6) is 0 Å². The Bertz CT molecular complexity index is 824. The maximum Gasteiger partial charge on any atom is 0.490 e. The van der Waals surface area contributed by atoms with Crippen molar-refractivity contribution in [3.05, 3.63) is 0 Å². The van der Waals surface area contributed by atoms with Crippen molar-refractivity contribution in [1.29, 1.82) is 0 Å². The van der Waals surface area contributed by atoms with Crippen LogP contribution in [0.15, 0.2) is 4.99 Å². The zero-order valence-corrected chi connectivity index (χ0v) is 27.2. The number of aliphatic imine (C=N–C) groups is 1. The molecule has 0 spiro atoms. The highest BCUT2D eigenvalue weighted by Gasteiger charge is 2.38. The molecule has 0 radical (unpaired) electrons. The highest BCUT2D eigenvalue weighted by atomic mass is 19.4. The van der Waals surface area contributed by atoms with Crippen LogP contribution in [0.2, 0.25) is 0 Å². The number of nitrogens with zero attached hydrogens (tertiary/aromatic N) is 1. The van der Waals surface area contributed by atoms with Crippen LogP contribution in [0, 0.1) is 0 Å². The first-order valence-corrected chi connectivity index (χ1v) is 16.5. The van der Waals surface area contributed by atoms with E-state index >= 15 is 0 Å². The number of halogens is 3. The van der Waals surface area contributed by atoms with E-state index in [2.05, 4.69) is 22.5 Å². The highest BCUT2D eigenvalue weighted by molar-refractivity contribution is 5.86. The summed E-state index contributed by atoms with van der Waals surface area (Å²) in [5.41, 5.74) is 15.9. The summed E-state index contributed by atoms with van der Waals surface area (Å²) in [6, 6.07) is -0.776. The molecule has 0 fully saturated rings. The van der Waals surface area contributed by atoms with E-state index in [1.165, 1.54) is 96.3 Å². The summed E-state index contributed by atoms with van der Waals surface area (Å²) >= 11 is 0. The average molecular weight is 653 g/mol. The number of primary amides is 1. The molecule has 9 N–H and O–H groups in total. The molecule has 0 saturated carbocycles. The number of amides is 3. The fourth-order valence-electron chi connectivity index (χ4n) is 4.47. The number of rotatable bonds is 27. The number of carbonyl (C=O) groups excluding carboxylic acids is 3. The van der Waals surface area contributed by atoms with E-state index in [4.69, 9.17) is 27.1 Å². The fraction of sp³-hybridized carbons (Fsp3) is 0.839. The molecule has 14 heteroatoms. The molecule has 0 rings (SSSR count). The SMILES string of the molecule is CCCCCCCCCCCCCCCCCCCC(=O)NCCC(=O)N[C@@H](CCCN=C(N)N)C(N)=O.O=C(O)C(F)(F)F. The summed E-state index contributed by atoms with van der Waals surface area (Å²) in [4.78, 5) is 48.3. The molecule has 0 saturated heterocycles. The number of guanidine groups is 1. The molecule has 264 valence electrons. The maximum atomic E-state index is 12.1. The van der Waals surface area contributed by atoms with Gasteiger partial charge in [0.1, 0.15) is 6.04 Å². The van der Waals surface area contributed by atoms with E-state index < -0.39 is 24.1 Å². The topological polar surface area (TPSA) is 203 Å². The number of carboxylic acid groups (broad SMARTS) is 1. The van der Waals surface area contributed by atoms with Crippen LogP contribution >= 0.6 is 0 Å². The van der Waals surface area contributed by atoms with Gasteiger partial charge in [-0.15, -0.1) is 0 Å². The Kier molecular flexibility index (Phi) is 29.0. The fourth-order valence-corrected chi connectivity index (χ4v) is 4.47. The van der Waals surface area contributed by atoms with Gasteiger partial charge >= 0.3 is 12.1 Å². The molecule has 3 amide bonds. The van der Waals surface area contributed by atoms with Gasteiger partial charge in [0.25, 0.3) is 0 Å². The van der Waals surface area contributed by atoms with Crippen LogP contribution in [-0.4, -0.2) is 60.1 Å². The van der Waals surface area contributed by atoms with Gasteiger partial charge in [-0.3, -0.25) is 19.4 Å². The number of carbonyl (C=O) groups is 4. The number of hydrogen-bond donors (Lipinski definition) is 6. The minimum absolute atomic E-state index is 0.0183. The molecule has 0 bridgehead atoms. The van der Waals surface area contributed by atoms with Crippen LogP contribution in [0.25, 0.3) is 0 Å². The van der Waals surface area contributed by atoms with Gasteiger partial charge in [-0.25, -0.2) is 4.79 Å². The van der Waals surface area contributed by atoms with Crippen molar-refractivity contribution < 1.29 is 37.5 Å². The number of unbranched alkanes of at least 4 members (excludes halogenated alkanes) is 16. The number of nitrogens with two attached hydrogens (primary N) is 3. The van der Waals surface area contributed by atoms with E-state index in [0.29, 0.717) is 25.8 Å². The first kappa shape index (κ1) is 44.1. The van der Waals surface area contributed by atoms with Gasteiger partial charge in [0.15, 0.2) is 5.96 Å². The van der Waals surface area contributed by atoms with Crippen molar-refractivity contribution in [2.75, 3.05) is 13.1 Å². The summed E-state index contributed by atoms with van der Waals surface area (Å²) < 4.78 is 31.7. The van der Waals surface area contributed by atoms with Crippen molar-refractivity contribution in [1.82, 2.24) is 10.6 Å². The lowest BCUT2D eigenvalue weighted by Gasteiger charge is -2.15. The van der Waals surface area contributed by atoms with Gasteiger partial charge in [-0.1, -0.05) is 110 Å². The normalized spacial score (nSPS) is 11.6. The molecular weight excluding hydrogens is 593 g/mol. The molecule has 0 unspecified atom stereocenters. The third-order valence-corrected chi connectivity index (χ3v) is 7.05. The maximum absolute atomic E-state index is 12.1. The van der Waals surface area contributed by atoms with Crippen molar-refractivity contribution in [2.24, 2.45) is 22.2 Å². The minimum atomic E-state index is -5.08. The lowest BCUT2D eigenvalue weighted by Crippen LogP contribution is -2.45. The summed E-state index contributed by atoms with van der Waals surface area (Å²) in [7, 11) is 0. The first-order chi connectivity index (χ1) is 21.3. The van der Waals surface area contributed by atoms with Crippen molar-refractivity contribution in [3.63, 3.8) is 0 Å². The van der Waals surface area contributed by atoms with Crippen LogP contribution < -0.4 is 27.8 Å². The van der Waals surface area contributed by atoms with Crippen LogP contribution in [0.1, 0.15) is 142 Å². The van der Waals surface area contributed by atoms with Gasteiger partial charge in [0.05, 0.1) is 0 Å². The number of carboxylic acids is 1. The quantitative estimate of drug-likeness (QED) is 0.0398. The lowest BCUT2D eigenvalue weighted by molar-refractivity contribution is -0.192. The van der Waals surface area contributed by atoms with Gasteiger partial charge in [0.2, 0.25) is 17.7 Å². The average Bonchev–Trinajstić information content (AvgIpc) is 2.95. The second kappa shape index (κ2) is 29.6. The molecule has 0 aromatic carbocycles. The summed E-state index contributed by atoms with van der Waals surface area (Å²) in [6.07, 6.45) is 18.6.